The van der Waals surface area contributed by atoms with Crippen LogP contribution in [0.2, 0.25) is 0 Å². The topological polar surface area (TPSA) is 59.0 Å². The molecule has 1 aliphatic heterocycles. The Balaban J connectivity index is 0.00000176. The minimum Gasteiger partial charge on any atom is -0.352 e. The molecule has 5 nitrogen and oxygen atoms in total. The van der Waals surface area contributed by atoms with Gasteiger partial charge >= 0.3 is 0 Å². The van der Waals surface area contributed by atoms with Gasteiger partial charge in [-0.15, -0.1) is 12.4 Å². The van der Waals surface area contributed by atoms with E-state index in [-0.39, 0.29) is 24.2 Å². The van der Waals surface area contributed by atoms with Gasteiger partial charge in [0.25, 0.3) is 0 Å². The molecule has 2 heterocycles. The number of para-hydroxylation sites is 1. The number of rotatable bonds is 4. The van der Waals surface area contributed by atoms with E-state index in [4.69, 9.17) is 0 Å². The summed E-state index contributed by atoms with van der Waals surface area (Å²) < 4.78 is 1.93. The summed E-state index contributed by atoms with van der Waals surface area (Å²) in [7, 11) is 0. The Morgan fingerprint density at radius 1 is 1.36 bits per heavy atom. The molecule has 3 rings (SSSR count). The number of aromatic nitrogens is 2. The van der Waals surface area contributed by atoms with Crippen molar-refractivity contribution in [2.45, 2.75) is 20.4 Å². The highest BCUT2D eigenvalue weighted by molar-refractivity contribution is 5.85. The van der Waals surface area contributed by atoms with Gasteiger partial charge in [-0.1, -0.05) is 18.2 Å². The highest BCUT2D eigenvalue weighted by atomic mass is 35.5. The number of carbonyl (C=O) groups excluding carboxylic acids is 1. The van der Waals surface area contributed by atoms with E-state index >= 15 is 0 Å². The van der Waals surface area contributed by atoms with Crippen molar-refractivity contribution in [1.82, 2.24) is 20.4 Å². The van der Waals surface area contributed by atoms with Gasteiger partial charge in [0.15, 0.2) is 0 Å². The van der Waals surface area contributed by atoms with Gasteiger partial charge in [-0.05, 0) is 31.5 Å². The molecule has 1 aromatic heterocycles. The molecule has 1 amide bonds. The Morgan fingerprint density at radius 3 is 2.68 bits per heavy atom. The Kier molecular flexibility index (Phi) is 5.21. The molecular weight excluding hydrogens is 300 g/mol. The zero-order chi connectivity index (χ0) is 14.8. The van der Waals surface area contributed by atoms with E-state index in [1.54, 1.807) is 0 Å². The van der Waals surface area contributed by atoms with Crippen molar-refractivity contribution in [2.24, 2.45) is 5.92 Å². The second-order valence-corrected chi connectivity index (χ2v) is 5.54. The third-order valence-corrected chi connectivity index (χ3v) is 3.83. The Morgan fingerprint density at radius 2 is 2.09 bits per heavy atom. The molecule has 0 spiro atoms. The Labute approximate surface area is 136 Å². The zero-order valence-corrected chi connectivity index (χ0v) is 13.6. The zero-order valence-electron chi connectivity index (χ0n) is 12.8. The number of nitrogens with zero attached hydrogens (tertiary/aromatic N) is 2. The van der Waals surface area contributed by atoms with Gasteiger partial charge in [0.05, 0.1) is 17.3 Å². The number of hydrogen-bond donors (Lipinski definition) is 2. The number of nitrogens with one attached hydrogen (secondary N) is 2. The summed E-state index contributed by atoms with van der Waals surface area (Å²) in [5.74, 6) is 0.239. The van der Waals surface area contributed by atoms with E-state index in [0.717, 1.165) is 35.7 Å². The van der Waals surface area contributed by atoms with Crippen LogP contribution in [-0.2, 0) is 11.3 Å². The van der Waals surface area contributed by atoms with Crippen molar-refractivity contribution in [1.29, 1.82) is 0 Å². The molecule has 0 atom stereocenters. The number of carbonyl (C=O) groups is 1. The van der Waals surface area contributed by atoms with Crippen molar-refractivity contribution >= 4 is 18.3 Å². The van der Waals surface area contributed by atoms with Crippen LogP contribution >= 0.6 is 12.4 Å². The average molecular weight is 321 g/mol. The normalized spacial score (nSPS) is 14.1. The summed E-state index contributed by atoms with van der Waals surface area (Å²) in [4.78, 5) is 11.9. The summed E-state index contributed by atoms with van der Waals surface area (Å²) >= 11 is 0. The standard InChI is InChI=1S/C16H20N4O.ClH/c1-11-7-12(2)20(19-11)15-6-4-3-5-13(15)10-18-16(21)14-8-17-9-14;/h3-7,14,17H,8-10H2,1-2H3,(H,18,21);1H. The van der Waals surface area contributed by atoms with E-state index < -0.39 is 0 Å². The molecule has 1 saturated heterocycles. The summed E-state index contributed by atoms with van der Waals surface area (Å²) in [6.07, 6.45) is 0. The maximum atomic E-state index is 11.9. The van der Waals surface area contributed by atoms with Crippen LogP contribution in [0.3, 0.4) is 0 Å². The molecule has 2 aromatic rings. The van der Waals surface area contributed by atoms with Gasteiger partial charge in [0.2, 0.25) is 5.91 Å². The molecular formula is C16H21ClN4O. The maximum Gasteiger partial charge on any atom is 0.225 e. The van der Waals surface area contributed by atoms with Crippen molar-refractivity contribution in [2.75, 3.05) is 13.1 Å². The lowest BCUT2D eigenvalue weighted by atomic mass is 10.0. The Bertz CT molecular complexity index is 664. The van der Waals surface area contributed by atoms with Crippen LogP contribution in [0.1, 0.15) is 17.0 Å². The number of benzene rings is 1. The molecule has 0 unspecified atom stereocenters. The lowest BCUT2D eigenvalue weighted by Gasteiger charge is -2.26. The molecule has 0 bridgehead atoms. The lowest BCUT2D eigenvalue weighted by molar-refractivity contribution is -0.126. The molecule has 2 N–H and O–H groups in total. The van der Waals surface area contributed by atoms with E-state index in [2.05, 4.69) is 21.8 Å². The molecule has 1 aromatic carbocycles. The molecule has 1 aliphatic rings. The highest BCUT2D eigenvalue weighted by Crippen LogP contribution is 2.17. The van der Waals surface area contributed by atoms with Gasteiger partial charge < -0.3 is 10.6 Å². The fourth-order valence-electron chi connectivity index (χ4n) is 2.54. The van der Waals surface area contributed by atoms with Crippen molar-refractivity contribution in [3.05, 3.63) is 47.3 Å². The minimum absolute atomic E-state index is 0. The van der Waals surface area contributed by atoms with Gasteiger partial charge in [-0.2, -0.15) is 5.10 Å². The Hall–Kier alpha value is -1.85. The molecule has 118 valence electrons. The largest absolute Gasteiger partial charge is 0.352 e. The summed E-state index contributed by atoms with van der Waals surface area (Å²) in [5, 5.41) is 10.7. The molecule has 6 heteroatoms. The van der Waals surface area contributed by atoms with Crippen LogP contribution in [0.25, 0.3) is 5.69 Å². The minimum atomic E-state index is 0. The molecule has 22 heavy (non-hydrogen) atoms. The van der Waals surface area contributed by atoms with Gasteiger partial charge in [0.1, 0.15) is 0 Å². The third kappa shape index (κ3) is 3.31. The molecule has 0 radical (unpaired) electrons. The van der Waals surface area contributed by atoms with E-state index in [9.17, 15) is 4.79 Å². The second kappa shape index (κ2) is 6.94. The maximum absolute atomic E-state index is 11.9. The smallest absolute Gasteiger partial charge is 0.225 e. The van der Waals surface area contributed by atoms with E-state index in [1.807, 2.05) is 42.8 Å². The predicted octanol–water partition coefficient (Wildman–Crippen LogP) is 1.75. The van der Waals surface area contributed by atoms with Gasteiger partial charge in [0, 0.05) is 25.3 Å². The third-order valence-electron chi connectivity index (χ3n) is 3.83. The van der Waals surface area contributed by atoms with Crippen LogP contribution in [0.4, 0.5) is 0 Å². The van der Waals surface area contributed by atoms with Crippen LogP contribution in [0.15, 0.2) is 30.3 Å². The molecule has 0 aliphatic carbocycles. The summed E-state index contributed by atoms with van der Waals surface area (Å²) in [6, 6.07) is 10.1. The van der Waals surface area contributed by atoms with E-state index in [0.29, 0.717) is 6.54 Å². The quantitative estimate of drug-likeness (QED) is 0.902. The highest BCUT2D eigenvalue weighted by Gasteiger charge is 2.24. The van der Waals surface area contributed by atoms with Gasteiger partial charge in [-0.25, -0.2) is 4.68 Å². The number of halogens is 1. The first-order valence-corrected chi connectivity index (χ1v) is 7.25. The van der Waals surface area contributed by atoms with Crippen LogP contribution in [-0.4, -0.2) is 28.8 Å². The lowest BCUT2D eigenvalue weighted by Crippen LogP contribution is -2.50. The average Bonchev–Trinajstić information content (AvgIpc) is 2.73. The first kappa shape index (κ1) is 16.5. The fraction of sp³-hybridized carbons (Fsp3) is 0.375. The molecule has 0 saturated carbocycles. The van der Waals surface area contributed by atoms with Crippen molar-refractivity contribution < 1.29 is 4.79 Å². The second-order valence-electron chi connectivity index (χ2n) is 5.54. The van der Waals surface area contributed by atoms with Crippen LogP contribution in [0, 0.1) is 19.8 Å². The van der Waals surface area contributed by atoms with Gasteiger partial charge in [-0.3, -0.25) is 4.79 Å². The van der Waals surface area contributed by atoms with E-state index in [1.165, 1.54) is 0 Å². The number of aryl methyl sites for hydroxylation is 2. The van der Waals surface area contributed by atoms with Crippen LogP contribution in [0.5, 0.6) is 0 Å². The summed E-state index contributed by atoms with van der Waals surface area (Å²) in [5.41, 5.74) is 4.18. The predicted molar refractivity (Wildman–Crippen MR) is 88.5 cm³/mol. The first-order valence-electron chi connectivity index (χ1n) is 7.25. The molecule has 1 fully saturated rings. The SMILES string of the molecule is Cc1cc(C)n(-c2ccccc2CNC(=O)C2CNC2)n1.Cl. The number of hydrogen-bond acceptors (Lipinski definition) is 3. The fourth-order valence-corrected chi connectivity index (χ4v) is 2.54. The van der Waals surface area contributed by atoms with Crippen molar-refractivity contribution in [3.63, 3.8) is 0 Å². The number of amides is 1. The first-order chi connectivity index (χ1) is 10.1. The summed E-state index contributed by atoms with van der Waals surface area (Å²) in [6.45, 7) is 6.12. The monoisotopic (exact) mass is 320 g/mol. The van der Waals surface area contributed by atoms with Crippen molar-refractivity contribution in [3.8, 4) is 5.69 Å². The van der Waals surface area contributed by atoms with Crippen LogP contribution < -0.4 is 10.6 Å².